The first-order chi connectivity index (χ1) is 14.2. The van der Waals surface area contributed by atoms with Gasteiger partial charge in [0.05, 0.1) is 23.9 Å². The summed E-state index contributed by atoms with van der Waals surface area (Å²) in [5.41, 5.74) is 1.56. The molecule has 1 fully saturated rings. The number of carbonyl (C=O) groups is 2. The Hall–Kier alpha value is -3.68. The Bertz CT molecular complexity index is 1050. The highest BCUT2D eigenvalue weighted by Crippen LogP contribution is 2.28. The fraction of sp³-hybridized carbons (Fsp3) is 0.238. The number of benzene rings is 2. The molecule has 148 valence electrons. The van der Waals surface area contributed by atoms with Crippen molar-refractivity contribution in [1.29, 1.82) is 0 Å². The van der Waals surface area contributed by atoms with Crippen LogP contribution in [0.25, 0.3) is 11.4 Å². The number of hydrogen-bond acceptors (Lipinski definition) is 7. The summed E-state index contributed by atoms with van der Waals surface area (Å²) in [5.74, 6) is 0.563. The van der Waals surface area contributed by atoms with E-state index >= 15 is 0 Å². The highest BCUT2D eigenvalue weighted by Gasteiger charge is 2.26. The van der Waals surface area contributed by atoms with Crippen LogP contribution in [0.2, 0.25) is 0 Å². The van der Waals surface area contributed by atoms with E-state index in [9.17, 15) is 9.59 Å². The third-order valence-corrected chi connectivity index (χ3v) is 4.63. The second-order valence-electron chi connectivity index (χ2n) is 6.45. The van der Waals surface area contributed by atoms with Gasteiger partial charge in [0.15, 0.2) is 6.61 Å². The monoisotopic (exact) mass is 393 g/mol. The summed E-state index contributed by atoms with van der Waals surface area (Å²) < 4.78 is 15.8. The van der Waals surface area contributed by atoms with Gasteiger partial charge in [-0.15, -0.1) is 0 Å². The fourth-order valence-electron chi connectivity index (χ4n) is 3.24. The molecule has 1 aliphatic rings. The number of hydrogen-bond donors (Lipinski definition) is 0. The predicted molar refractivity (Wildman–Crippen MR) is 103 cm³/mol. The maximum Gasteiger partial charge on any atom is 0.340 e. The van der Waals surface area contributed by atoms with E-state index in [1.807, 2.05) is 18.2 Å². The van der Waals surface area contributed by atoms with Gasteiger partial charge >= 0.3 is 5.97 Å². The van der Waals surface area contributed by atoms with Gasteiger partial charge in [-0.2, -0.15) is 4.98 Å². The Morgan fingerprint density at radius 3 is 2.76 bits per heavy atom. The highest BCUT2D eigenvalue weighted by atomic mass is 16.6. The number of para-hydroxylation sites is 2. The summed E-state index contributed by atoms with van der Waals surface area (Å²) in [4.78, 5) is 30.5. The zero-order valence-electron chi connectivity index (χ0n) is 15.8. The number of aromatic nitrogens is 2. The number of nitrogens with zero attached hydrogens (tertiary/aromatic N) is 3. The van der Waals surface area contributed by atoms with Gasteiger partial charge < -0.3 is 18.9 Å². The molecule has 4 rings (SSSR count). The van der Waals surface area contributed by atoms with Crippen molar-refractivity contribution >= 4 is 17.6 Å². The Kier molecular flexibility index (Phi) is 5.24. The minimum absolute atomic E-state index is 0.00333. The van der Waals surface area contributed by atoms with Crippen molar-refractivity contribution in [2.24, 2.45) is 0 Å². The van der Waals surface area contributed by atoms with E-state index in [4.69, 9.17) is 14.0 Å². The molecular weight excluding hydrogens is 374 g/mol. The van der Waals surface area contributed by atoms with Crippen LogP contribution in [-0.2, 0) is 16.1 Å². The number of rotatable bonds is 6. The third kappa shape index (κ3) is 3.82. The molecular formula is C21H19N3O5. The van der Waals surface area contributed by atoms with Crippen LogP contribution in [0.5, 0.6) is 5.75 Å². The average Bonchev–Trinajstić information content (AvgIpc) is 3.41. The van der Waals surface area contributed by atoms with Gasteiger partial charge in [-0.05, 0) is 30.7 Å². The zero-order chi connectivity index (χ0) is 20.2. The largest absolute Gasteiger partial charge is 0.496 e. The second-order valence-corrected chi connectivity index (χ2v) is 6.45. The molecule has 0 bridgehead atoms. The SMILES string of the molecule is COc1ccccc1-c1noc(COC(=O)c2ccccc2N2CCCC2=O)n1. The lowest BCUT2D eigenvalue weighted by molar-refractivity contribution is -0.117. The molecule has 2 heterocycles. The molecule has 1 saturated heterocycles. The lowest BCUT2D eigenvalue weighted by Crippen LogP contribution is -2.26. The summed E-state index contributed by atoms with van der Waals surface area (Å²) in [7, 11) is 1.56. The highest BCUT2D eigenvalue weighted by molar-refractivity contribution is 6.03. The first-order valence-corrected chi connectivity index (χ1v) is 9.20. The van der Waals surface area contributed by atoms with Crippen molar-refractivity contribution in [2.45, 2.75) is 19.4 Å². The summed E-state index contributed by atoms with van der Waals surface area (Å²) in [6.45, 7) is 0.415. The number of methoxy groups -OCH3 is 1. The van der Waals surface area contributed by atoms with Gasteiger partial charge in [0, 0.05) is 13.0 Å². The molecule has 0 atom stereocenters. The van der Waals surface area contributed by atoms with Crippen molar-refractivity contribution in [3.63, 3.8) is 0 Å². The Morgan fingerprint density at radius 2 is 1.97 bits per heavy atom. The smallest absolute Gasteiger partial charge is 0.340 e. The minimum atomic E-state index is -0.558. The van der Waals surface area contributed by atoms with E-state index in [0.717, 1.165) is 6.42 Å². The quantitative estimate of drug-likeness (QED) is 0.593. The summed E-state index contributed by atoms with van der Waals surface area (Å²) in [6, 6.07) is 14.2. The van der Waals surface area contributed by atoms with Crippen LogP contribution in [0.3, 0.4) is 0 Å². The third-order valence-electron chi connectivity index (χ3n) is 4.63. The maximum atomic E-state index is 12.6. The van der Waals surface area contributed by atoms with Crippen LogP contribution in [0.1, 0.15) is 29.1 Å². The van der Waals surface area contributed by atoms with E-state index in [1.165, 1.54) is 0 Å². The van der Waals surface area contributed by atoms with E-state index in [-0.39, 0.29) is 18.4 Å². The van der Waals surface area contributed by atoms with Crippen molar-refractivity contribution in [3.8, 4) is 17.1 Å². The maximum absolute atomic E-state index is 12.6. The fourth-order valence-corrected chi connectivity index (χ4v) is 3.24. The van der Waals surface area contributed by atoms with Gasteiger partial charge in [-0.3, -0.25) is 4.79 Å². The lowest BCUT2D eigenvalue weighted by Gasteiger charge is -2.18. The normalized spacial score (nSPS) is 13.6. The number of esters is 1. The number of ether oxygens (including phenoxy) is 2. The lowest BCUT2D eigenvalue weighted by atomic mass is 10.1. The molecule has 0 N–H and O–H groups in total. The average molecular weight is 393 g/mol. The second kappa shape index (κ2) is 8.14. The van der Waals surface area contributed by atoms with Crippen molar-refractivity contribution in [1.82, 2.24) is 10.1 Å². The first-order valence-electron chi connectivity index (χ1n) is 9.20. The standard InChI is InChI=1S/C21H19N3O5/c1-27-17-10-5-3-8-15(17)20-22-18(29-23-20)13-28-21(26)14-7-2-4-9-16(14)24-12-6-11-19(24)25/h2-5,7-10H,6,11-13H2,1H3. The molecule has 0 aliphatic carbocycles. The van der Waals surface area contributed by atoms with Crippen molar-refractivity contribution in [3.05, 3.63) is 60.0 Å². The van der Waals surface area contributed by atoms with Gasteiger partial charge in [0.2, 0.25) is 11.7 Å². The van der Waals surface area contributed by atoms with Gasteiger partial charge in [-0.1, -0.05) is 29.4 Å². The summed E-state index contributed by atoms with van der Waals surface area (Å²) in [6.07, 6.45) is 1.26. The van der Waals surface area contributed by atoms with Crippen molar-refractivity contribution in [2.75, 3.05) is 18.6 Å². The topological polar surface area (TPSA) is 94.8 Å². The van der Waals surface area contributed by atoms with E-state index < -0.39 is 5.97 Å². The van der Waals surface area contributed by atoms with Crippen LogP contribution in [0.15, 0.2) is 53.1 Å². The number of amides is 1. The van der Waals surface area contributed by atoms with E-state index in [1.54, 1.807) is 42.3 Å². The molecule has 3 aromatic rings. The molecule has 2 aromatic carbocycles. The predicted octanol–water partition coefficient (Wildman–Crippen LogP) is 3.23. The van der Waals surface area contributed by atoms with Crippen LogP contribution in [-0.4, -0.2) is 35.7 Å². The molecule has 8 heteroatoms. The number of carbonyl (C=O) groups excluding carboxylic acids is 2. The van der Waals surface area contributed by atoms with Gasteiger partial charge in [-0.25, -0.2) is 4.79 Å². The molecule has 1 aliphatic heterocycles. The molecule has 0 unspecified atom stereocenters. The molecule has 0 radical (unpaired) electrons. The molecule has 8 nitrogen and oxygen atoms in total. The zero-order valence-corrected chi connectivity index (χ0v) is 15.8. The molecule has 1 aromatic heterocycles. The molecule has 29 heavy (non-hydrogen) atoms. The van der Waals surface area contributed by atoms with Crippen LogP contribution in [0.4, 0.5) is 5.69 Å². The van der Waals surface area contributed by atoms with E-state index in [0.29, 0.717) is 41.4 Å². The van der Waals surface area contributed by atoms with E-state index in [2.05, 4.69) is 10.1 Å². The van der Waals surface area contributed by atoms with Crippen LogP contribution >= 0.6 is 0 Å². The molecule has 0 spiro atoms. The Labute approximate surface area is 167 Å². The Balaban J connectivity index is 1.48. The van der Waals surface area contributed by atoms with Crippen LogP contribution < -0.4 is 9.64 Å². The van der Waals surface area contributed by atoms with Crippen molar-refractivity contribution < 1.29 is 23.6 Å². The van der Waals surface area contributed by atoms with Gasteiger partial charge in [0.25, 0.3) is 5.89 Å². The Morgan fingerprint density at radius 1 is 1.17 bits per heavy atom. The van der Waals surface area contributed by atoms with Gasteiger partial charge in [0.1, 0.15) is 5.75 Å². The summed E-state index contributed by atoms with van der Waals surface area (Å²) >= 11 is 0. The molecule has 0 saturated carbocycles. The number of anilines is 1. The molecule has 1 amide bonds. The van der Waals surface area contributed by atoms with Crippen LogP contribution in [0, 0.1) is 0 Å². The minimum Gasteiger partial charge on any atom is -0.496 e. The first kappa shape index (κ1) is 18.7. The summed E-state index contributed by atoms with van der Waals surface area (Å²) in [5, 5.41) is 3.93.